The van der Waals surface area contributed by atoms with Crippen LogP contribution in [0.5, 0.6) is 0 Å². The fourth-order valence-corrected chi connectivity index (χ4v) is 2.49. The van der Waals surface area contributed by atoms with Gasteiger partial charge in [0.25, 0.3) is 0 Å². The quantitative estimate of drug-likeness (QED) is 0.610. The van der Waals surface area contributed by atoms with Gasteiger partial charge in [-0.2, -0.15) is 10.5 Å². The summed E-state index contributed by atoms with van der Waals surface area (Å²) in [5.41, 5.74) is 0.945. The Kier molecular flexibility index (Phi) is 6.56. The Bertz CT molecular complexity index is 715. The number of carbonyl (C=O) groups excluding carboxylic acids is 2. The fraction of sp³-hybridized carbons (Fsp3) is 0.333. The van der Waals surface area contributed by atoms with Crippen LogP contribution in [0.1, 0.15) is 12.0 Å². The van der Waals surface area contributed by atoms with E-state index in [4.69, 9.17) is 15.3 Å². The van der Waals surface area contributed by atoms with E-state index in [2.05, 4.69) is 5.32 Å². The second-order valence-corrected chi connectivity index (χ2v) is 5.47. The van der Waals surface area contributed by atoms with Crippen LogP contribution < -0.4 is 5.32 Å². The monoisotopic (exact) mass is 338 g/mol. The number of nitriles is 2. The lowest BCUT2D eigenvalue weighted by molar-refractivity contribution is -0.147. The van der Waals surface area contributed by atoms with E-state index < -0.39 is 12.0 Å². The van der Waals surface area contributed by atoms with Crippen molar-refractivity contribution in [3.8, 4) is 12.1 Å². The van der Waals surface area contributed by atoms with E-state index in [1.807, 2.05) is 30.3 Å². The highest BCUT2D eigenvalue weighted by atomic mass is 16.5. The van der Waals surface area contributed by atoms with Crippen molar-refractivity contribution >= 4 is 11.9 Å². The molecule has 128 valence electrons. The van der Waals surface area contributed by atoms with Gasteiger partial charge in [0.05, 0.1) is 13.0 Å². The zero-order chi connectivity index (χ0) is 18.1. The maximum absolute atomic E-state index is 12.0. The Morgan fingerprint density at radius 3 is 2.72 bits per heavy atom. The van der Waals surface area contributed by atoms with E-state index >= 15 is 0 Å². The molecule has 1 amide bonds. The average Bonchev–Trinajstić information content (AvgIpc) is 2.63. The number of piperazine rings is 1. The van der Waals surface area contributed by atoms with Crippen LogP contribution in [0, 0.1) is 22.7 Å². The molecule has 1 aromatic carbocycles. The van der Waals surface area contributed by atoms with E-state index in [0.717, 1.165) is 5.56 Å². The van der Waals surface area contributed by atoms with Gasteiger partial charge < -0.3 is 15.0 Å². The summed E-state index contributed by atoms with van der Waals surface area (Å²) in [4.78, 5) is 25.6. The first kappa shape index (κ1) is 18.0. The van der Waals surface area contributed by atoms with Gasteiger partial charge in [-0.3, -0.25) is 9.59 Å². The van der Waals surface area contributed by atoms with Crippen molar-refractivity contribution in [3.05, 3.63) is 47.7 Å². The molecule has 0 unspecified atom stereocenters. The Balaban J connectivity index is 1.92. The van der Waals surface area contributed by atoms with Crippen molar-refractivity contribution < 1.29 is 14.3 Å². The summed E-state index contributed by atoms with van der Waals surface area (Å²) in [6.07, 6.45) is 1.78. The highest BCUT2D eigenvalue weighted by molar-refractivity contribution is 5.87. The average molecular weight is 338 g/mol. The molecule has 1 aliphatic heterocycles. The SMILES string of the molecule is N#CC(C#N)=CN1CCNC(=O)[C@@H]1CC(=O)OCCc1ccccc1. The summed E-state index contributed by atoms with van der Waals surface area (Å²) in [5, 5.41) is 20.4. The van der Waals surface area contributed by atoms with Crippen molar-refractivity contribution in [2.24, 2.45) is 0 Å². The first-order valence-corrected chi connectivity index (χ1v) is 7.89. The second kappa shape index (κ2) is 9.09. The first-order chi connectivity index (χ1) is 12.1. The minimum Gasteiger partial charge on any atom is -0.465 e. The van der Waals surface area contributed by atoms with Crippen LogP contribution in [0.15, 0.2) is 42.1 Å². The van der Waals surface area contributed by atoms with Crippen molar-refractivity contribution in [1.29, 1.82) is 10.5 Å². The van der Waals surface area contributed by atoms with Gasteiger partial charge in [-0.1, -0.05) is 30.3 Å². The topological polar surface area (TPSA) is 106 Å². The Morgan fingerprint density at radius 1 is 1.32 bits per heavy atom. The van der Waals surface area contributed by atoms with E-state index in [1.165, 1.54) is 6.20 Å². The lowest BCUT2D eigenvalue weighted by atomic mass is 10.1. The van der Waals surface area contributed by atoms with Crippen LogP contribution in [-0.4, -0.2) is 42.5 Å². The van der Waals surface area contributed by atoms with Crippen molar-refractivity contribution in [1.82, 2.24) is 10.2 Å². The summed E-state index contributed by atoms with van der Waals surface area (Å²) in [7, 11) is 0. The largest absolute Gasteiger partial charge is 0.465 e. The highest BCUT2D eigenvalue weighted by Gasteiger charge is 2.30. The molecular formula is C18H18N4O3. The molecule has 0 aromatic heterocycles. The van der Waals surface area contributed by atoms with E-state index in [-0.39, 0.29) is 24.5 Å². The van der Waals surface area contributed by atoms with Gasteiger partial charge in [0.15, 0.2) is 0 Å². The normalized spacial score (nSPS) is 16.2. The Labute approximate surface area is 146 Å². The lowest BCUT2D eigenvalue weighted by Gasteiger charge is -2.33. The van der Waals surface area contributed by atoms with Gasteiger partial charge in [-0.25, -0.2) is 0 Å². The highest BCUT2D eigenvalue weighted by Crippen LogP contribution is 2.12. The number of amides is 1. The van der Waals surface area contributed by atoms with Crippen molar-refractivity contribution in [2.45, 2.75) is 18.9 Å². The van der Waals surface area contributed by atoms with Crippen LogP contribution in [-0.2, 0) is 20.7 Å². The molecule has 25 heavy (non-hydrogen) atoms. The summed E-state index contributed by atoms with van der Waals surface area (Å²) >= 11 is 0. The summed E-state index contributed by atoms with van der Waals surface area (Å²) in [5.74, 6) is -0.815. The molecular weight excluding hydrogens is 320 g/mol. The Hall–Kier alpha value is -3.32. The Morgan fingerprint density at radius 2 is 2.04 bits per heavy atom. The smallest absolute Gasteiger partial charge is 0.308 e. The van der Waals surface area contributed by atoms with E-state index in [9.17, 15) is 9.59 Å². The predicted molar refractivity (Wildman–Crippen MR) is 88.5 cm³/mol. The zero-order valence-corrected chi connectivity index (χ0v) is 13.6. The van der Waals surface area contributed by atoms with Crippen LogP contribution in [0.25, 0.3) is 0 Å². The van der Waals surface area contributed by atoms with Crippen LogP contribution in [0.2, 0.25) is 0 Å². The molecule has 1 heterocycles. The van der Waals surface area contributed by atoms with E-state index in [1.54, 1.807) is 17.0 Å². The zero-order valence-electron chi connectivity index (χ0n) is 13.6. The number of hydrogen-bond acceptors (Lipinski definition) is 6. The number of ether oxygens (including phenoxy) is 1. The summed E-state index contributed by atoms with van der Waals surface area (Å²) in [6, 6.07) is 12.3. The molecule has 0 bridgehead atoms. The molecule has 1 aromatic rings. The maximum atomic E-state index is 12.0. The minimum absolute atomic E-state index is 0.114. The third kappa shape index (κ3) is 5.36. The molecule has 1 saturated heterocycles. The van der Waals surface area contributed by atoms with E-state index in [0.29, 0.717) is 19.5 Å². The van der Waals surface area contributed by atoms with Crippen LogP contribution in [0.3, 0.4) is 0 Å². The molecule has 7 heteroatoms. The number of hydrogen-bond donors (Lipinski definition) is 1. The predicted octanol–water partition coefficient (Wildman–Crippen LogP) is 0.894. The van der Waals surface area contributed by atoms with Gasteiger partial charge in [-0.15, -0.1) is 0 Å². The van der Waals surface area contributed by atoms with Crippen molar-refractivity contribution in [3.63, 3.8) is 0 Å². The minimum atomic E-state index is -0.783. The van der Waals surface area contributed by atoms with Crippen molar-refractivity contribution in [2.75, 3.05) is 19.7 Å². The number of benzene rings is 1. The van der Waals surface area contributed by atoms with Gasteiger partial charge in [-0.05, 0) is 5.56 Å². The maximum Gasteiger partial charge on any atom is 0.308 e. The van der Waals surface area contributed by atoms with Gasteiger partial charge >= 0.3 is 5.97 Å². The summed E-state index contributed by atoms with van der Waals surface area (Å²) in [6.45, 7) is 1.04. The number of nitrogens with zero attached hydrogens (tertiary/aromatic N) is 3. The number of esters is 1. The molecule has 0 radical (unpaired) electrons. The number of carbonyl (C=O) groups is 2. The standard InChI is InChI=1S/C18H18N4O3/c19-11-15(12-20)13-22-8-7-21-18(24)16(22)10-17(23)25-9-6-14-4-2-1-3-5-14/h1-5,13,16H,6-10H2,(H,21,24)/t16-/m0/s1. The molecule has 0 aliphatic carbocycles. The molecule has 1 N–H and O–H groups in total. The van der Waals surface area contributed by atoms with Crippen LogP contribution >= 0.6 is 0 Å². The molecule has 0 saturated carbocycles. The third-order valence-electron chi connectivity index (χ3n) is 3.76. The lowest BCUT2D eigenvalue weighted by Crippen LogP contribution is -2.54. The molecule has 1 fully saturated rings. The molecule has 1 atom stereocenters. The molecule has 1 aliphatic rings. The molecule has 7 nitrogen and oxygen atoms in total. The fourth-order valence-electron chi connectivity index (χ4n) is 2.49. The number of nitrogens with one attached hydrogen (secondary N) is 1. The first-order valence-electron chi connectivity index (χ1n) is 7.89. The molecule has 0 spiro atoms. The summed E-state index contributed by atoms with van der Waals surface area (Å²) < 4.78 is 5.21. The van der Waals surface area contributed by atoms with Gasteiger partial charge in [0.2, 0.25) is 5.91 Å². The number of allylic oxidation sites excluding steroid dienone is 1. The van der Waals surface area contributed by atoms with Gasteiger partial charge in [0, 0.05) is 25.7 Å². The third-order valence-corrected chi connectivity index (χ3v) is 3.76. The second-order valence-electron chi connectivity index (χ2n) is 5.47. The van der Waals surface area contributed by atoms with Crippen LogP contribution in [0.4, 0.5) is 0 Å². The molecule has 2 rings (SSSR count). The number of rotatable bonds is 6. The van der Waals surface area contributed by atoms with Gasteiger partial charge in [0.1, 0.15) is 23.8 Å².